The van der Waals surface area contributed by atoms with Gasteiger partial charge in [-0.2, -0.15) is 13.2 Å². The smallest absolute Gasteiger partial charge is 0.433 e. The Morgan fingerprint density at radius 3 is 2.47 bits per heavy atom. The van der Waals surface area contributed by atoms with Crippen LogP contribution in [-0.4, -0.2) is 55.6 Å². The molecule has 2 atom stereocenters. The van der Waals surface area contributed by atoms with E-state index in [0.717, 1.165) is 65.5 Å². The van der Waals surface area contributed by atoms with Crippen LogP contribution in [0.4, 0.5) is 24.7 Å². The third-order valence-corrected chi connectivity index (χ3v) is 11.9. The lowest BCUT2D eigenvalue weighted by atomic mass is 9.88. The second-order valence-corrected chi connectivity index (χ2v) is 15.1. The van der Waals surface area contributed by atoms with Crippen molar-refractivity contribution in [3.63, 3.8) is 0 Å². The lowest BCUT2D eigenvalue weighted by molar-refractivity contribution is -0.141. The van der Waals surface area contributed by atoms with Crippen molar-refractivity contribution in [2.24, 2.45) is 14.1 Å². The van der Waals surface area contributed by atoms with E-state index in [9.17, 15) is 27.6 Å². The number of likely N-dealkylation sites (tertiary alicyclic amines) is 1. The van der Waals surface area contributed by atoms with Gasteiger partial charge in [0.15, 0.2) is 0 Å². The number of anilines is 2. The summed E-state index contributed by atoms with van der Waals surface area (Å²) in [5, 5.41) is 6.52. The number of aryl methyl sites for hydroxylation is 2. The van der Waals surface area contributed by atoms with E-state index in [1.54, 1.807) is 26.2 Å². The molecule has 1 spiro atoms. The molecule has 15 heteroatoms. The molecule has 2 N–H and O–H groups in total. The van der Waals surface area contributed by atoms with Crippen LogP contribution >= 0.6 is 11.6 Å². The van der Waals surface area contributed by atoms with Gasteiger partial charge in [-0.05, 0) is 73.9 Å². The first-order valence-electron chi connectivity index (χ1n) is 18.2. The average Bonchev–Trinajstić information content (AvgIpc) is 3.77. The van der Waals surface area contributed by atoms with Gasteiger partial charge in [-0.3, -0.25) is 23.6 Å². The second kappa shape index (κ2) is 13.5. The first-order chi connectivity index (χ1) is 26.2. The molecule has 0 unspecified atom stereocenters. The van der Waals surface area contributed by atoms with Crippen LogP contribution in [0.1, 0.15) is 60.5 Å². The van der Waals surface area contributed by atoms with Gasteiger partial charge < -0.3 is 15.4 Å². The van der Waals surface area contributed by atoms with Crippen molar-refractivity contribution < 1.29 is 22.7 Å². The number of hydrogen-bond donors (Lipinski definition) is 2. The Kier molecular flexibility index (Phi) is 9.03. The maximum absolute atomic E-state index is 14.0. The zero-order valence-electron chi connectivity index (χ0n) is 30.7. The van der Waals surface area contributed by atoms with E-state index in [2.05, 4.69) is 26.6 Å². The minimum Gasteiger partial charge on any atom is -0.481 e. The first-order valence-corrected chi connectivity index (χ1v) is 18.5. The van der Waals surface area contributed by atoms with Crippen LogP contribution in [-0.2, 0) is 31.5 Å². The van der Waals surface area contributed by atoms with E-state index in [1.807, 2.05) is 24.3 Å². The van der Waals surface area contributed by atoms with Crippen LogP contribution in [0.15, 0.2) is 58.1 Å². The van der Waals surface area contributed by atoms with Crippen LogP contribution < -0.4 is 26.6 Å². The summed E-state index contributed by atoms with van der Waals surface area (Å²) in [4.78, 5) is 49.4. The molecule has 2 saturated heterocycles. The van der Waals surface area contributed by atoms with Crippen molar-refractivity contribution in [2.45, 2.75) is 63.2 Å². The Morgan fingerprint density at radius 2 is 1.73 bits per heavy atom. The number of hydrogen-bond acceptors (Lipinski definition) is 8. The van der Waals surface area contributed by atoms with Gasteiger partial charge in [-0.1, -0.05) is 41.9 Å². The Labute approximate surface area is 319 Å². The minimum absolute atomic E-state index is 0.123. The number of carbonyl (C=O) groups is 1. The zero-order chi connectivity index (χ0) is 39.0. The molecule has 2 fully saturated rings. The fraction of sp³-hybridized carbons (Fsp3) is 0.375. The number of piperidine rings is 1. The molecule has 2 aliphatic heterocycles. The third-order valence-electron chi connectivity index (χ3n) is 11.5. The summed E-state index contributed by atoms with van der Waals surface area (Å²) in [6.45, 7) is 3.47. The van der Waals surface area contributed by atoms with Gasteiger partial charge in [0.1, 0.15) is 16.9 Å². The number of fused-ring (bicyclic) bond motifs is 2. The summed E-state index contributed by atoms with van der Waals surface area (Å²) in [6, 6.07) is 13.8. The molecule has 11 nitrogen and oxygen atoms in total. The fourth-order valence-electron chi connectivity index (χ4n) is 8.68. The molecule has 0 radical (unpaired) electrons. The van der Waals surface area contributed by atoms with E-state index in [0.29, 0.717) is 57.0 Å². The van der Waals surface area contributed by atoms with Crippen molar-refractivity contribution in [3.8, 4) is 28.3 Å². The molecule has 3 aliphatic rings. The quantitative estimate of drug-likeness (QED) is 0.193. The number of benzene rings is 2. The predicted octanol–water partition coefficient (Wildman–Crippen LogP) is 6.83. The number of nitrogens with one attached hydrogen (secondary N) is 2. The topological polar surface area (TPSA) is 123 Å². The molecular formula is C40H39ClF3N7O4. The van der Waals surface area contributed by atoms with Crippen molar-refractivity contribution in [3.05, 3.63) is 96.8 Å². The SMILES string of the molecule is COc1nc(-c2cccc(-c3cccc(Nc4nc(C(F)(F)F)cc5c4c(=O)n(C)c(=O)n5C)c3C)c2Cl)cc2c1[C@@H](N1CC[C@]3(CCCC(=O)N3)C1)CC2. The Bertz CT molecular complexity index is 2530. The number of alkyl halides is 3. The number of pyridine rings is 2. The van der Waals surface area contributed by atoms with Gasteiger partial charge in [-0.25, -0.2) is 14.8 Å². The van der Waals surface area contributed by atoms with Gasteiger partial charge in [0.2, 0.25) is 11.8 Å². The lowest BCUT2D eigenvalue weighted by Crippen LogP contribution is -2.53. The van der Waals surface area contributed by atoms with Crippen LogP contribution in [0, 0.1) is 6.92 Å². The van der Waals surface area contributed by atoms with E-state index in [4.69, 9.17) is 21.3 Å². The Balaban J connectivity index is 1.15. The average molecular weight is 774 g/mol. The first kappa shape index (κ1) is 36.8. The lowest BCUT2D eigenvalue weighted by Gasteiger charge is -2.35. The number of nitrogens with zero attached hydrogens (tertiary/aromatic N) is 5. The van der Waals surface area contributed by atoms with Crippen molar-refractivity contribution in [2.75, 3.05) is 25.5 Å². The molecular weight excluding hydrogens is 735 g/mol. The van der Waals surface area contributed by atoms with E-state index in [1.165, 1.54) is 14.1 Å². The molecule has 1 amide bonds. The molecule has 5 aromatic rings. The predicted molar refractivity (Wildman–Crippen MR) is 204 cm³/mol. The number of ether oxygens (including phenoxy) is 1. The minimum atomic E-state index is -4.84. The molecule has 8 rings (SSSR count). The molecule has 286 valence electrons. The van der Waals surface area contributed by atoms with Crippen molar-refractivity contribution in [1.29, 1.82) is 0 Å². The van der Waals surface area contributed by atoms with E-state index < -0.39 is 23.1 Å². The fourth-order valence-corrected chi connectivity index (χ4v) is 9.00. The standard InChI is InChI=1S/C40H39ClF3N7O4/c1-21-23(8-6-11-26(21)45-35-33-29(19-30(47-35)40(42,43)44)49(2)38(54)50(3)37(33)53)24-9-5-10-25(34(24)41)27-18-22-13-14-28(32(22)36(46-27)55-4)51-17-16-39(20-51)15-7-12-31(52)48-39/h5-6,8-11,18-19,28H,7,12-17,20H2,1-4H3,(H,45,47)(H,48,52)/t28-,39+/m0/s1. The summed E-state index contributed by atoms with van der Waals surface area (Å²) in [7, 11) is 4.18. The highest BCUT2D eigenvalue weighted by atomic mass is 35.5. The summed E-state index contributed by atoms with van der Waals surface area (Å²) in [6.07, 6.45) is 0.298. The summed E-state index contributed by atoms with van der Waals surface area (Å²) in [5.41, 5.74) is 2.75. The highest BCUT2D eigenvalue weighted by molar-refractivity contribution is 6.36. The van der Waals surface area contributed by atoms with E-state index in [-0.39, 0.29) is 34.2 Å². The van der Waals surface area contributed by atoms with Crippen LogP contribution in [0.25, 0.3) is 33.3 Å². The summed E-state index contributed by atoms with van der Waals surface area (Å²) < 4.78 is 49.8. The highest BCUT2D eigenvalue weighted by Gasteiger charge is 2.45. The molecule has 0 bridgehead atoms. The van der Waals surface area contributed by atoms with Gasteiger partial charge in [0.25, 0.3) is 5.56 Å². The molecule has 1 aliphatic carbocycles. The maximum atomic E-state index is 14.0. The number of amides is 1. The molecule has 55 heavy (non-hydrogen) atoms. The van der Waals surface area contributed by atoms with Crippen LogP contribution in [0.2, 0.25) is 5.02 Å². The molecule has 5 heterocycles. The summed E-state index contributed by atoms with van der Waals surface area (Å²) >= 11 is 7.20. The largest absolute Gasteiger partial charge is 0.481 e. The molecule has 3 aromatic heterocycles. The van der Waals surface area contributed by atoms with Gasteiger partial charge >= 0.3 is 11.9 Å². The number of methoxy groups -OCH3 is 1. The third kappa shape index (κ3) is 6.24. The zero-order valence-corrected chi connectivity index (χ0v) is 31.5. The monoisotopic (exact) mass is 773 g/mol. The molecule has 0 saturated carbocycles. The number of halogens is 4. The normalized spacial score (nSPS) is 19.9. The number of rotatable bonds is 6. The number of carbonyl (C=O) groups excluding carboxylic acids is 1. The maximum Gasteiger partial charge on any atom is 0.433 e. The van der Waals surface area contributed by atoms with Gasteiger partial charge in [0, 0.05) is 62.0 Å². The van der Waals surface area contributed by atoms with E-state index >= 15 is 0 Å². The highest BCUT2D eigenvalue weighted by Crippen LogP contribution is 2.47. The Hall–Kier alpha value is -5.21. The van der Waals surface area contributed by atoms with Crippen LogP contribution in [0.3, 0.4) is 0 Å². The number of aromatic nitrogens is 4. The van der Waals surface area contributed by atoms with Crippen molar-refractivity contribution >= 4 is 39.9 Å². The molecule has 2 aromatic carbocycles. The summed E-state index contributed by atoms with van der Waals surface area (Å²) in [5.74, 6) is 0.335. The second-order valence-electron chi connectivity index (χ2n) is 14.8. The van der Waals surface area contributed by atoms with Crippen LogP contribution in [0.5, 0.6) is 5.88 Å². The van der Waals surface area contributed by atoms with Gasteiger partial charge in [-0.15, -0.1) is 0 Å². The van der Waals surface area contributed by atoms with Gasteiger partial charge in [0.05, 0.1) is 28.9 Å². The van der Waals surface area contributed by atoms with Crippen molar-refractivity contribution in [1.82, 2.24) is 29.3 Å². The Morgan fingerprint density at radius 1 is 0.982 bits per heavy atom.